The van der Waals surface area contributed by atoms with Crippen LogP contribution in [-0.4, -0.2) is 100 Å². The molecule has 0 bridgehead atoms. The van der Waals surface area contributed by atoms with Crippen molar-refractivity contribution in [1.82, 2.24) is 21.3 Å². The van der Waals surface area contributed by atoms with Crippen LogP contribution in [0, 0.1) is 5.92 Å². The average Bonchev–Trinajstić information content (AvgIpc) is 3.23. The van der Waals surface area contributed by atoms with Gasteiger partial charge in [0.1, 0.15) is 12.1 Å². The number of hydrogen-bond acceptors (Lipinski definition) is 12. The van der Waals surface area contributed by atoms with Gasteiger partial charge in [-0.1, -0.05) is 80.4 Å². The number of ketones is 2. The Labute approximate surface area is 342 Å². The molecule has 0 aliphatic heterocycles. The summed E-state index contributed by atoms with van der Waals surface area (Å²) in [6.07, 6.45) is 5.56. The van der Waals surface area contributed by atoms with E-state index in [4.69, 9.17) is 21.3 Å². The fourth-order valence-corrected chi connectivity index (χ4v) is 5.80. The molecule has 0 saturated heterocycles. The lowest BCUT2D eigenvalue weighted by molar-refractivity contribution is -0.132. The van der Waals surface area contributed by atoms with E-state index in [1.54, 1.807) is 6.92 Å². The monoisotopic (exact) mass is 812 g/mol. The number of hydrogen-bond donors (Lipinski definition) is 6. The van der Waals surface area contributed by atoms with Gasteiger partial charge in [0.25, 0.3) is 0 Å². The molecule has 0 aliphatic carbocycles. The van der Waals surface area contributed by atoms with Crippen LogP contribution in [0.4, 0.5) is 0 Å². The standard InChI is InChI=1S/C42H64N6O10/c1-32(40(52)48-38(29-34-16-8-3-9-17-34)42(54)46-31-36(50)19-11-5-13-23-56-25-27-58-44)20-21-39(51)47-37(28-33-14-6-2-7-15-33)41(53)45-30-35(49)18-10-4-12-22-55-24-26-57-43/h2-3,6-9,14-17,32,37-38H,4-5,10-13,18-31,43-44H2,1H3,(H,45,53)(H,46,54)(H,47,51)(H,48,52). The highest BCUT2D eigenvalue weighted by Crippen LogP contribution is 2.11. The van der Waals surface area contributed by atoms with Crippen molar-refractivity contribution in [3.05, 3.63) is 71.8 Å². The Hall–Kier alpha value is -4.58. The maximum absolute atomic E-state index is 13.3. The van der Waals surface area contributed by atoms with Gasteiger partial charge in [-0.25, -0.2) is 11.8 Å². The number of ether oxygens (including phenoxy) is 2. The van der Waals surface area contributed by atoms with Crippen LogP contribution in [-0.2, 0) is 60.8 Å². The topological polar surface area (TPSA) is 240 Å². The lowest BCUT2D eigenvalue weighted by Crippen LogP contribution is -2.50. The maximum Gasteiger partial charge on any atom is 0.243 e. The molecule has 3 unspecified atom stereocenters. The molecular weight excluding hydrogens is 748 g/mol. The third-order valence-electron chi connectivity index (χ3n) is 9.20. The quantitative estimate of drug-likeness (QED) is 0.0441. The number of nitrogens with one attached hydrogen (secondary N) is 4. The second-order valence-electron chi connectivity index (χ2n) is 14.1. The smallest absolute Gasteiger partial charge is 0.243 e. The summed E-state index contributed by atoms with van der Waals surface area (Å²) in [5.41, 5.74) is 1.64. The van der Waals surface area contributed by atoms with Crippen LogP contribution in [0.2, 0.25) is 0 Å². The molecule has 4 amide bonds. The van der Waals surface area contributed by atoms with Gasteiger partial charge in [-0.3, -0.25) is 28.8 Å². The fourth-order valence-electron chi connectivity index (χ4n) is 5.80. The molecule has 0 heterocycles. The Morgan fingerprint density at radius 2 is 0.983 bits per heavy atom. The Bertz CT molecular complexity index is 1480. The predicted octanol–water partition coefficient (Wildman–Crippen LogP) is 2.16. The molecular formula is C42H64N6O10. The molecule has 322 valence electrons. The lowest BCUT2D eigenvalue weighted by Gasteiger charge is -2.21. The van der Waals surface area contributed by atoms with Crippen molar-refractivity contribution >= 4 is 35.2 Å². The van der Waals surface area contributed by atoms with Crippen molar-refractivity contribution in [3.8, 4) is 0 Å². The van der Waals surface area contributed by atoms with Gasteiger partial charge in [-0.05, 0) is 43.2 Å². The zero-order valence-corrected chi connectivity index (χ0v) is 33.9. The zero-order chi connectivity index (χ0) is 42.2. The van der Waals surface area contributed by atoms with E-state index < -0.39 is 41.6 Å². The molecule has 2 aromatic carbocycles. The molecule has 0 radical (unpaired) electrons. The molecule has 3 atom stereocenters. The van der Waals surface area contributed by atoms with Gasteiger partial charge in [0.2, 0.25) is 23.6 Å². The van der Waals surface area contributed by atoms with E-state index in [-0.39, 0.29) is 50.3 Å². The summed E-state index contributed by atoms with van der Waals surface area (Å²) in [6, 6.07) is 16.5. The summed E-state index contributed by atoms with van der Waals surface area (Å²) in [4.78, 5) is 86.9. The van der Waals surface area contributed by atoms with Crippen molar-refractivity contribution in [1.29, 1.82) is 0 Å². The predicted molar refractivity (Wildman–Crippen MR) is 217 cm³/mol. The molecule has 0 aromatic heterocycles. The number of amides is 4. The van der Waals surface area contributed by atoms with E-state index in [0.29, 0.717) is 65.3 Å². The molecule has 2 rings (SSSR count). The molecule has 8 N–H and O–H groups in total. The average molecular weight is 813 g/mol. The zero-order valence-electron chi connectivity index (χ0n) is 33.9. The van der Waals surface area contributed by atoms with E-state index in [1.807, 2.05) is 60.7 Å². The van der Waals surface area contributed by atoms with E-state index in [9.17, 15) is 28.8 Å². The van der Waals surface area contributed by atoms with Crippen LogP contribution in [0.3, 0.4) is 0 Å². The fraction of sp³-hybridized carbons (Fsp3) is 0.571. The number of benzene rings is 2. The Morgan fingerprint density at radius 3 is 1.43 bits per heavy atom. The van der Waals surface area contributed by atoms with Gasteiger partial charge in [0.15, 0.2) is 11.6 Å². The largest absolute Gasteiger partial charge is 0.379 e. The highest BCUT2D eigenvalue weighted by molar-refractivity contribution is 5.93. The third-order valence-corrected chi connectivity index (χ3v) is 9.20. The van der Waals surface area contributed by atoms with Crippen molar-refractivity contribution in [2.45, 2.75) is 96.1 Å². The number of carbonyl (C=O) groups excluding carboxylic acids is 6. The molecule has 0 spiro atoms. The van der Waals surface area contributed by atoms with Crippen molar-refractivity contribution in [3.63, 3.8) is 0 Å². The number of unbranched alkanes of at least 4 members (excludes halogenated alkanes) is 4. The first-order valence-corrected chi connectivity index (χ1v) is 20.2. The van der Waals surface area contributed by atoms with Gasteiger partial charge < -0.3 is 40.4 Å². The normalized spacial score (nSPS) is 12.5. The SMILES string of the molecule is CC(CCC(=O)NC(Cc1ccccc1)C(=O)NCC(=O)CCCCCOCCON)C(=O)NC(Cc1ccccc1)C(=O)NCC(=O)CCCCCOCCON. The first-order valence-electron chi connectivity index (χ1n) is 20.2. The first kappa shape index (κ1) is 49.6. The van der Waals surface area contributed by atoms with Gasteiger partial charge in [0.05, 0.1) is 39.5 Å². The van der Waals surface area contributed by atoms with E-state index in [2.05, 4.69) is 30.9 Å². The van der Waals surface area contributed by atoms with Crippen molar-refractivity contribution < 1.29 is 47.9 Å². The first-order chi connectivity index (χ1) is 28.1. The van der Waals surface area contributed by atoms with E-state index in [1.165, 1.54) is 0 Å². The van der Waals surface area contributed by atoms with Crippen LogP contribution in [0.25, 0.3) is 0 Å². The van der Waals surface area contributed by atoms with Crippen LogP contribution < -0.4 is 33.1 Å². The summed E-state index contributed by atoms with van der Waals surface area (Å²) < 4.78 is 10.7. The van der Waals surface area contributed by atoms with Gasteiger partial charge >= 0.3 is 0 Å². The molecule has 2 aromatic rings. The van der Waals surface area contributed by atoms with Crippen LogP contribution >= 0.6 is 0 Å². The summed E-state index contributed by atoms with van der Waals surface area (Å²) in [7, 11) is 0. The van der Waals surface area contributed by atoms with Crippen LogP contribution in [0.1, 0.15) is 82.3 Å². The Balaban J connectivity index is 1.87. The Kier molecular flexibility index (Phi) is 26.8. The summed E-state index contributed by atoms with van der Waals surface area (Å²) in [5, 5.41) is 10.9. The van der Waals surface area contributed by atoms with Crippen LogP contribution in [0.15, 0.2) is 60.7 Å². The summed E-state index contributed by atoms with van der Waals surface area (Å²) >= 11 is 0. The lowest BCUT2D eigenvalue weighted by atomic mass is 10.0. The molecule has 16 heteroatoms. The van der Waals surface area contributed by atoms with Crippen molar-refractivity contribution in [2.24, 2.45) is 17.7 Å². The Morgan fingerprint density at radius 1 is 0.534 bits per heavy atom. The highest BCUT2D eigenvalue weighted by atomic mass is 16.6. The molecule has 0 saturated carbocycles. The van der Waals surface area contributed by atoms with Crippen LogP contribution in [0.5, 0.6) is 0 Å². The summed E-state index contributed by atoms with van der Waals surface area (Å²) in [6.45, 7) is 3.87. The van der Waals surface area contributed by atoms with Gasteiger partial charge in [-0.15, -0.1) is 0 Å². The molecule has 58 heavy (non-hydrogen) atoms. The molecule has 0 aliphatic rings. The molecule has 16 nitrogen and oxygen atoms in total. The number of carbonyl (C=O) groups is 6. The third kappa shape index (κ3) is 23.6. The van der Waals surface area contributed by atoms with E-state index in [0.717, 1.165) is 36.8 Å². The molecule has 0 fully saturated rings. The highest BCUT2D eigenvalue weighted by Gasteiger charge is 2.26. The number of rotatable bonds is 34. The van der Waals surface area contributed by atoms with Gasteiger partial charge in [0, 0.05) is 51.2 Å². The second-order valence-corrected chi connectivity index (χ2v) is 14.1. The number of Topliss-reactive ketones (excluding diaryl/α,β-unsaturated/α-hetero) is 2. The second kappa shape index (κ2) is 31.4. The number of nitrogens with two attached hydrogens (primary N) is 2. The van der Waals surface area contributed by atoms with Crippen molar-refractivity contribution in [2.75, 3.05) is 52.7 Å². The summed E-state index contributed by atoms with van der Waals surface area (Å²) in [5.74, 6) is 7.18. The van der Waals surface area contributed by atoms with E-state index >= 15 is 0 Å². The minimum atomic E-state index is -0.952. The maximum atomic E-state index is 13.3. The minimum absolute atomic E-state index is 0.0622. The minimum Gasteiger partial charge on any atom is -0.379 e. The van der Waals surface area contributed by atoms with Gasteiger partial charge in [-0.2, -0.15) is 0 Å².